The van der Waals surface area contributed by atoms with Gasteiger partial charge in [0.05, 0.1) is 10.0 Å². The Kier molecular flexibility index (Phi) is 6.26. The van der Waals surface area contributed by atoms with Gasteiger partial charge in [-0.3, -0.25) is 14.6 Å². The molecule has 3 heterocycles. The molecular weight excluding hydrogens is 418 g/mol. The van der Waals surface area contributed by atoms with Crippen molar-refractivity contribution >= 4 is 40.8 Å². The van der Waals surface area contributed by atoms with E-state index in [0.717, 1.165) is 26.0 Å². The van der Waals surface area contributed by atoms with Crippen molar-refractivity contribution in [2.24, 2.45) is 0 Å². The standard InChI is InChI=1S/C23H20ClN3O2S/c24-21-11-10-19(30-21)4-3-13-26-14-15-27(23(29)22(26)28)16-17-6-8-18(9-7-17)20-5-1-2-12-25-20/h1-12H,13-16H2. The van der Waals surface area contributed by atoms with Crippen molar-refractivity contribution in [3.63, 3.8) is 0 Å². The molecule has 0 unspecified atom stereocenters. The molecule has 0 aliphatic carbocycles. The Morgan fingerprint density at radius 1 is 0.967 bits per heavy atom. The third-order valence-corrected chi connectivity index (χ3v) is 6.08. The number of aromatic nitrogens is 1. The predicted molar refractivity (Wildman–Crippen MR) is 120 cm³/mol. The Hall–Kier alpha value is -2.96. The van der Waals surface area contributed by atoms with Crippen molar-refractivity contribution in [2.75, 3.05) is 19.6 Å². The molecule has 4 rings (SSSR count). The first kappa shape index (κ1) is 20.3. The van der Waals surface area contributed by atoms with Gasteiger partial charge in [-0.2, -0.15) is 0 Å². The lowest BCUT2D eigenvalue weighted by Gasteiger charge is -2.33. The average Bonchev–Trinajstić information content (AvgIpc) is 3.19. The summed E-state index contributed by atoms with van der Waals surface area (Å²) < 4.78 is 0.725. The summed E-state index contributed by atoms with van der Waals surface area (Å²) >= 11 is 7.39. The van der Waals surface area contributed by atoms with Crippen LogP contribution in [0.5, 0.6) is 0 Å². The van der Waals surface area contributed by atoms with Crippen molar-refractivity contribution in [2.45, 2.75) is 6.54 Å². The monoisotopic (exact) mass is 437 g/mol. The highest BCUT2D eigenvalue weighted by molar-refractivity contribution is 7.16. The van der Waals surface area contributed by atoms with Gasteiger partial charge in [-0.1, -0.05) is 48.0 Å². The van der Waals surface area contributed by atoms with Gasteiger partial charge in [-0.25, -0.2) is 0 Å². The summed E-state index contributed by atoms with van der Waals surface area (Å²) in [6.45, 7) is 1.87. The van der Waals surface area contributed by atoms with Crippen LogP contribution in [0.1, 0.15) is 10.4 Å². The van der Waals surface area contributed by atoms with Crippen LogP contribution in [0.25, 0.3) is 17.3 Å². The van der Waals surface area contributed by atoms with Gasteiger partial charge in [0.2, 0.25) is 0 Å². The first-order valence-corrected chi connectivity index (χ1v) is 10.8. The molecule has 0 N–H and O–H groups in total. The first-order valence-electron chi connectivity index (χ1n) is 9.60. The molecule has 0 spiro atoms. The van der Waals surface area contributed by atoms with Gasteiger partial charge in [0.15, 0.2) is 0 Å². The third-order valence-electron chi connectivity index (χ3n) is 4.89. The minimum Gasteiger partial charge on any atom is -0.329 e. The molecular formula is C23H20ClN3O2S. The van der Waals surface area contributed by atoms with Crippen molar-refractivity contribution in [3.8, 4) is 11.3 Å². The van der Waals surface area contributed by atoms with E-state index >= 15 is 0 Å². The van der Waals surface area contributed by atoms with Crippen molar-refractivity contribution < 1.29 is 9.59 Å². The van der Waals surface area contributed by atoms with Crippen LogP contribution in [-0.2, 0) is 16.1 Å². The van der Waals surface area contributed by atoms with Crippen LogP contribution in [-0.4, -0.2) is 46.2 Å². The van der Waals surface area contributed by atoms with Crippen molar-refractivity contribution in [1.29, 1.82) is 0 Å². The molecule has 0 atom stereocenters. The lowest BCUT2D eigenvalue weighted by Crippen LogP contribution is -2.53. The quantitative estimate of drug-likeness (QED) is 0.539. The van der Waals surface area contributed by atoms with E-state index in [-0.39, 0.29) is 0 Å². The number of amides is 2. The number of hydrogen-bond donors (Lipinski definition) is 0. The van der Waals surface area contributed by atoms with Gasteiger partial charge in [0.1, 0.15) is 0 Å². The number of piperazine rings is 1. The minimum atomic E-state index is -0.458. The molecule has 2 amide bonds. The smallest absolute Gasteiger partial charge is 0.312 e. The van der Waals surface area contributed by atoms with Crippen LogP contribution in [0.3, 0.4) is 0 Å². The Labute approximate surface area is 184 Å². The number of carbonyl (C=O) groups excluding carboxylic acids is 2. The summed E-state index contributed by atoms with van der Waals surface area (Å²) in [5, 5.41) is 0. The molecule has 2 aromatic heterocycles. The zero-order valence-electron chi connectivity index (χ0n) is 16.2. The molecule has 1 aromatic carbocycles. The summed E-state index contributed by atoms with van der Waals surface area (Å²) in [5.41, 5.74) is 2.91. The van der Waals surface area contributed by atoms with Crippen LogP contribution in [0.2, 0.25) is 4.34 Å². The van der Waals surface area contributed by atoms with E-state index in [9.17, 15) is 9.59 Å². The largest absolute Gasteiger partial charge is 0.329 e. The van der Waals surface area contributed by atoms with Crippen LogP contribution in [0, 0.1) is 0 Å². The van der Waals surface area contributed by atoms with E-state index in [0.29, 0.717) is 26.2 Å². The second-order valence-electron chi connectivity index (χ2n) is 6.93. The molecule has 7 heteroatoms. The highest BCUT2D eigenvalue weighted by Crippen LogP contribution is 2.22. The number of benzene rings is 1. The molecule has 3 aromatic rings. The van der Waals surface area contributed by atoms with Crippen molar-refractivity contribution in [1.82, 2.24) is 14.8 Å². The zero-order valence-corrected chi connectivity index (χ0v) is 17.8. The van der Waals surface area contributed by atoms with Gasteiger partial charge in [-0.05, 0) is 35.9 Å². The summed E-state index contributed by atoms with van der Waals surface area (Å²) in [4.78, 5) is 33.6. The molecule has 1 fully saturated rings. The second-order valence-corrected chi connectivity index (χ2v) is 8.68. The molecule has 0 bridgehead atoms. The molecule has 0 saturated carbocycles. The Morgan fingerprint density at radius 3 is 2.43 bits per heavy atom. The van der Waals surface area contributed by atoms with Gasteiger partial charge < -0.3 is 9.80 Å². The van der Waals surface area contributed by atoms with E-state index in [1.807, 2.05) is 66.7 Å². The zero-order chi connectivity index (χ0) is 20.9. The summed E-state index contributed by atoms with van der Waals surface area (Å²) in [7, 11) is 0. The number of hydrogen-bond acceptors (Lipinski definition) is 4. The Morgan fingerprint density at radius 2 is 1.73 bits per heavy atom. The average molecular weight is 438 g/mol. The van der Waals surface area contributed by atoms with Crippen LogP contribution >= 0.6 is 22.9 Å². The van der Waals surface area contributed by atoms with Crippen LogP contribution in [0.15, 0.2) is 66.9 Å². The van der Waals surface area contributed by atoms with Crippen LogP contribution in [0.4, 0.5) is 0 Å². The van der Waals surface area contributed by atoms with Crippen LogP contribution < -0.4 is 0 Å². The number of pyridine rings is 1. The second kappa shape index (κ2) is 9.24. The maximum absolute atomic E-state index is 12.6. The lowest BCUT2D eigenvalue weighted by molar-refractivity contribution is -0.156. The Balaban J connectivity index is 1.34. The molecule has 0 radical (unpaired) electrons. The minimum absolute atomic E-state index is 0.409. The molecule has 30 heavy (non-hydrogen) atoms. The molecule has 5 nitrogen and oxygen atoms in total. The van der Waals surface area contributed by atoms with E-state index in [2.05, 4.69) is 4.98 Å². The predicted octanol–water partition coefficient (Wildman–Crippen LogP) is 4.35. The third kappa shape index (κ3) is 4.78. The van der Waals surface area contributed by atoms with Gasteiger partial charge in [0, 0.05) is 42.8 Å². The fourth-order valence-corrected chi connectivity index (χ4v) is 4.28. The van der Waals surface area contributed by atoms with E-state index in [1.165, 1.54) is 11.3 Å². The normalized spacial score (nSPS) is 14.7. The summed E-state index contributed by atoms with van der Waals surface area (Å²) in [5.74, 6) is -0.914. The van der Waals surface area contributed by atoms with E-state index < -0.39 is 11.8 Å². The fourth-order valence-electron chi connectivity index (χ4n) is 3.29. The van der Waals surface area contributed by atoms with Gasteiger partial charge >= 0.3 is 11.8 Å². The SMILES string of the molecule is O=C1C(=O)N(Cc2ccc(-c3ccccn3)cc2)CCN1CC=Cc1ccc(Cl)s1. The highest BCUT2D eigenvalue weighted by atomic mass is 35.5. The number of thiophene rings is 1. The van der Waals surface area contributed by atoms with E-state index in [1.54, 1.807) is 16.0 Å². The Bertz CT molecular complexity index is 1060. The van der Waals surface area contributed by atoms with Crippen molar-refractivity contribution in [3.05, 3.63) is 81.6 Å². The number of rotatable bonds is 6. The maximum atomic E-state index is 12.6. The number of halogens is 1. The summed E-state index contributed by atoms with van der Waals surface area (Å²) in [6, 6.07) is 17.5. The van der Waals surface area contributed by atoms with Gasteiger partial charge in [-0.15, -0.1) is 11.3 Å². The first-order chi connectivity index (χ1) is 14.6. The molecule has 1 aliphatic rings. The lowest BCUT2D eigenvalue weighted by atomic mass is 10.1. The fraction of sp³-hybridized carbons (Fsp3) is 0.174. The highest BCUT2D eigenvalue weighted by Gasteiger charge is 2.31. The number of nitrogens with zero attached hydrogens (tertiary/aromatic N) is 3. The maximum Gasteiger partial charge on any atom is 0.312 e. The summed E-state index contributed by atoms with van der Waals surface area (Å²) in [6.07, 6.45) is 5.57. The molecule has 152 valence electrons. The number of carbonyl (C=O) groups is 2. The van der Waals surface area contributed by atoms with Gasteiger partial charge in [0.25, 0.3) is 0 Å². The topological polar surface area (TPSA) is 53.5 Å². The molecule has 1 saturated heterocycles. The van der Waals surface area contributed by atoms with E-state index in [4.69, 9.17) is 11.6 Å². The molecule has 1 aliphatic heterocycles.